The quantitative estimate of drug-likeness (QED) is 0.762. The number of aromatic nitrogens is 4. The molecule has 7 heteroatoms. The first-order chi connectivity index (χ1) is 12.3. The summed E-state index contributed by atoms with van der Waals surface area (Å²) in [5.74, 6) is 0.191. The number of carbonyl (C=O) groups is 1. The van der Waals surface area contributed by atoms with Crippen molar-refractivity contribution in [2.24, 2.45) is 5.92 Å². The summed E-state index contributed by atoms with van der Waals surface area (Å²) in [5.41, 5.74) is 2.48. The van der Waals surface area contributed by atoms with Gasteiger partial charge in [-0.1, -0.05) is 6.92 Å². The lowest BCUT2D eigenvalue weighted by atomic mass is 9.96. The summed E-state index contributed by atoms with van der Waals surface area (Å²) in [4.78, 5) is 22.2. The molecule has 0 saturated carbocycles. The third-order valence-electron chi connectivity index (χ3n) is 4.83. The molecule has 1 amide bonds. The number of hydrogen-bond acceptors (Lipinski definition) is 5. The first-order valence-corrected chi connectivity index (χ1v) is 8.89. The van der Waals surface area contributed by atoms with Crippen LogP contribution in [0.25, 0.3) is 22.1 Å². The SMILES string of the molecule is CCCNC(=O)C1CCCN(c2ccnc3nnc4[nH]ccc4c23)C1. The molecular formula is C18H22N6O. The number of piperidine rings is 1. The summed E-state index contributed by atoms with van der Waals surface area (Å²) in [6.07, 6.45) is 6.54. The highest BCUT2D eigenvalue weighted by atomic mass is 16.1. The summed E-state index contributed by atoms with van der Waals surface area (Å²) in [7, 11) is 0. The maximum atomic E-state index is 12.4. The van der Waals surface area contributed by atoms with Gasteiger partial charge in [0, 0.05) is 37.4 Å². The van der Waals surface area contributed by atoms with Crippen LogP contribution < -0.4 is 10.2 Å². The standard InChI is InChI=1S/C18H22N6O/c1-2-7-21-18(25)12-4-3-10-24(11-12)14-6-9-20-17-15(14)13-5-8-19-16(13)22-23-17/h5-6,8-9,12H,2-4,7,10-11H2,1H3,(H,19,22)(H,21,25). The van der Waals surface area contributed by atoms with Crippen LogP contribution in [0.4, 0.5) is 5.69 Å². The highest BCUT2D eigenvalue weighted by Crippen LogP contribution is 2.32. The molecule has 0 aromatic carbocycles. The van der Waals surface area contributed by atoms with Crippen LogP contribution in [0.5, 0.6) is 0 Å². The number of pyridine rings is 1. The van der Waals surface area contributed by atoms with Crippen LogP contribution in [0.3, 0.4) is 0 Å². The van der Waals surface area contributed by atoms with Gasteiger partial charge in [0.15, 0.2) is 11.3 Å². The molecule has 130 valence electrons. The molecule has 2 N–H and O–H groups in total. The number of amides is 1. The maximum Gasteiger partial charge on any atom is 0.224 e. The Balaban J connectivity index is 1.69. The van der Waals surface area contributed by atoms with Crippen LogP contribution in [-0.4, -0.2) is 45.7 Å². The molecule has 3 aromatic rings. The van der Waals surface area contributed by atoms with Gasteiger partial charge in [-0.25, -0.2) is 4.98 Å². The lowest BCUT2D eigenvalue weighted by Crippen LogP contribution is -2.43. The van der Waals surface area contributed by atoms with Crippen molar-refractivity contribution in [3.63, 3.8) is 0 Å². The van der Waals surface area contributed by atoms with E-state index in [1.54, 1.807) is 6.20 Å². The second-order valence-corrected chi connectivity index (χ2v) is 6.54. The first-order valence-electron chi connectivity index (χ1n) is 8.89. The van der Waals surface area contributed by atoms with Crippen molar-refractivity contribution < 1.29 is 4.79 Å². The number of nitrogens with zero attached hydrogens (tertiary/aromatic N) is 4. The van der Waals surface area contributed by atoms with Crippen molar-refractivity contribution in [3.8, 4) is 0 Å². The summed E-state index contributed by atoms with van der Waals surface area (Å²) in [6, 6.07) is 4.02. The fraction of sp³-hybridized carbons (Fsp3) is 0.444. The van der Waals surface area contributed by atoms with E-state index in [9.17, 15) is 4.79 Å². The molecule has 1 aliphatic rings. The van der Waals surface area contributed by atoms with E-state index in [1.165, 1.54) is 0 Å². The van der Waals surface area contributed by atoms with Gasteiger partial charge in [0.1, 0.15) is 0 Å². The molecule has 1 unspecified atom stereocenters. The monoisotopic (exact) mass is 338 g/mol. The van der Waals surface area contributed by atoms with Crippen molar-refractivity contribution in [1.82, 2.24) is 25.5 Å². The predicted molar refractivity (Wildman–Crippen MR) is 97.4 cm³/mol. The zero-order valence-electron chi connectivity index (χ0n) is 14.3. The number of nitrogens with one attached hydrogen (secondary N) is 2. The van der Waals surface area contributed by atoms with Gasteiger partial charge in [0.25, 0.3) is 0 Å². The lowest BCUT2D eigenvalue weighted by Gasteiger charge is -2.34. The molecule has 0 spiro atoms. The van der Waals surface area contributed by atoms with Crippen molar-refractivity contribution in [2.75, 3.05) is 24.5 Å². The van der Waals surface area contributed by atoms with Gasteiger partial charge in [0.2, 0.25) is 5.91 Å². The van der Waals surface area contributed by atoms with Crippen molar-refractivity contribution in [2.45, 2.75) is 26.2 Å². The topological polar surface area (TPSA) is 86.8 Å². The van der Waals surface area contributed by atoms with E-state index >= 15 is 0 Å². The van der Waals surface area contributed by atoms with Crippen LogP contribution in [-0.2, 0) is 4.79 Å². The average molecular weight is 338 g/mol. The van der Waals surface area contributed by atoms with Gasteiger partial charge in [0.05, 0.1) is 17.0 Å². The molecule has 0 radical (unpaired) electrons. The first kappa shape index (κ1) is 15.8. The molecule has 3 aromatic heterocycles. The molecule has 4 rings (SSSR count). The minimum absolute atomic E-state index is 0.0278. The Bertz CT molecular complexity index is 905. The van der Waals surface area contributed by atoms with Crippen LogP contribution >= 0.6 is 0 Å². The summed E-state index contributed by atoms with van der Waals surface area (Å²) in [6.45, 7) is 4.47. The van der Waals surface area contributed by atoms with Crippen LogP contribution in [0.1, 0.15) is 26.2 Å². The molecule has 25 heavy (non-hydrogen) atoms. The van der Waals surface area contributed by atoms with Gasteiger partial charge in [-0.15, -0.1) is 10.2 Å². The molecule has 0 bridgehead atoms. The van der Waals surface area contributed by atoms with E-state index in [0.29, 0.717) is 5.65 Å². The van der Waals surface area contributed by atoms with E-state index in [2.05, 4.69) is 37.3 Å². The highest BCUT2D eigenvalue weighted by molar-refractivity contribution is 6.08. The maximum absolute atomic E-state index is 12.4. The van der Waals surface area contributed by atoms with Gasteiger partial charge < -0.3 is 15.2 Å². The fourth-order valence-corrected chi connectivity index (χ4v) is 3.58. The van der Waals surface area contributed by atoms with Crippen molar-refractivity contribution in [1.29, 1.82) is 0 Å². The van der Waals surface area contributed by atoms with E-state index in [4.69, 9.17) is 0 Å². The largest absolute Gasteiger partial charge is 0.370 e. The van der Waals surface area contributed by atoms with Crippen LogP contribution in [0, 0.1) is 5.92 Å². The van der Waals surface area contributed by atoms with E-state index in [1.807, 2.05) is 18.3 Å². The normalized spacial score (nSPS) is 18.0. The van der Waals surface area contributed by atoms with E-state index < -0.39 is 0 Å². The Morgan fingerprint density at radius 3 is 3.20 bits per heavy atom. The number of rotatable bonds is 4. The molecule has 0 aliphatic carbocycles. The zero-order chi connectivity index (χ0) is 17.2. The Morgan fingerprint density at radius 1 is 1.40 bits per heavy atom. The lowest BCUT2D eigenvalue weighted by molar-refractivity contribution is -0.125. The Kier molecular flexibility index (Phi) is 4.21. The minimum atomic E-state index is 0.0278. The summed E-state index contributed by atoms with van der Waals surface area (Å²) < 4.78 is 0. The van der Waals surface area contributed by atoms with Crippen LogP contribution in [0.15, 0.2) is 24.5 Å². The Morgan fingerprint density at radius 2 is 2.32 bits per heavy atom. The molecular weight excluding hydrogens is 316 g/mol. The minimum Gasteiger partial charge on any atom is -0.370 e. The average Bonchev–Trinajstić information content (AvgIpc) is 3.14. The molecule has 1 fully saturated rings. The third-order valence-corrected chi connectivity index (χ3v) is 4.83. The Hall–Kier alpha value is -2.70. The second kappa shape index (κ2) is 6.66. The number of fused-ring (bicyclic) bond motifs is 3. The summed E-state index contributed by atoms with van der Waals surface area (Å²) in [5, 5.41) is 13.5. The van der Waals surface area contributed by atoms with Gasteiger partial charge >= 0.3 is 0 Å². The molecule has 1 saturated heterocycles. The van der Waals surface area contributed by atoms with E-state index in [0.717, 1.165) is 61.0 Å². The molecule has 1 atom stereocenters. The van der Waals surface area contributed by atoms with Gasteiger partial charge in [-0.05, 0) is 31.4 Å². The Labute approximate surface area is 145 Å². The number of carbonyl (C=O) groups excluding carboxylic acids is 1. The van der Waals surface area contributed by atoms with Crippen LogP contribution in [0.2, 0.25) is 0 Å². The molecule has 4 heterocycles. The fourth-order valence-electron chi connectivity index (χ4n) is 3.58. The molecule has 1 aliphatic heterocycles. The van der Waals surface area contributed by atoms with E-state index in [-0.39, 0.29) is 11.8 Å². The number of H-pyrrole nitrogens is 1. The number of aromatic amines is 1. The predicted octanol–water partition coefficient (Wildman–Crippen LogP) is 2.25. The zero-order valence-corrected chi connectivity index (χ0v) is 14.3. The highest BCUT2D eigenvalue weighted by Gasteiger charge is 2.27. The third kappa shape index (κ3) is 2.90. The van der Waals surface area contributed by atoms with Crippen molar-refractivity contribution >= 4 is 33.7 Å². The summed E-state index contributed by atoms with van der Waals surface area (Å²) >= 11 is 0. The van der Waals surface area contributed by atoms with Gasteiger partial charge in [-0.2, -0.15) is 0 Å². The second-order valence-electron chi connectivity index (χ2n) is 6.54. The smallest absolute Gasteiger partial charge is 0.224 e. The van der Waals surface area contributed by atoms with Crippen molar-refractivity contribution in [3.05, 3.63) is 24.5 Å². The number of anilines is 1. The number of hydrogen-bond donors (Lipinski definition) is 2. The molecule has 7 nitrogen and oxygen atoms in total. The van der Waals surface area contributed by atoms with Gasteiger partial charge in [-0.3, -0.25) is 4.79 Å².